The van der Waals surface area contributed by atoms with Crippen molar-refractivity contribution >= 4 is 11.5 Å². The number of nitrogens with zero attached hydrogens (tertiary/aromatic N) is 3. The van der Waals surface area contributed by atoms with Crippen molar-refractivity contribution in [1.82, 2.24) is 25.5 Å². The van der Waals surface area contributed by atoms with Crippen molar-refractivity contribution in [2.24, 2.45) is 0 Å². The second-order valence-electron chi connectivity index (χ2n) is 5.74. The highest BCUT2D eigenvalue weighted by Crippen LogP contribution is 2.25. The SMILES string of the molecule is N=C(/C=C(\NN1CCOCC1)c1c[nH]nc1C(F)F)N1CCOCC1. The van der Waals surface area contributed by atoms with E-state index in [-0.39, 0.29) is 17.1 Å². The maximum Gasteiger partial charge on any atom is 0.282 e. The van der Waals surface area contributed by atoms with E-state index in [9.17, 15) is 8.78 Å². The molecule has 3 N–H and O–H groups in total. The standard InChI is InChI=1S/C15H22F2N6O2/c16-15(17)14-11(10-19-20-14)12(21-23-3-7-25-8-4-23)9-13(18)22-1-5-24-6-2-22/h9-10,15,18,21H,1-8H2,(H,19,20)/b12-9-,18-13?. The average Bonchev–Trinajstić information content (AvgIpc) is 3.13. The van der Waals surface area contributed by atoms with Crippen LogP contribution in [0.3, 0.4) is 0 Å². The third-order valence-electron chi connectivity index (χ3n) is 4.09. The minimum absolute atomic E-state index is 0.250. The Hall–Kier alpha value is -2.04. The van der Waals surface area contributed by atoms with Crippen LogP contribution in [-0.2, 0) is 9.47 Å². The summed E-state index contributed by atoms with van der Waals surface area (Å²) in [6.45, 7) is 4.70. The molecular formula is C15H22F2N6O2. The summed E-state index contributed by atoms with van der Waals surface area (Å²) >= 11 is 0. The lowest BCUT2D eigenvalue weighted by atomic mass is 10.1. The monoisotopic (exact) mass is 356 g/mol. The Balaban J connectivity index is 1.83. The van der Waals surface area contributed by atoms with Crippen LogP contribution in [0.25, 0.3) is 5.70 Å². The fraction of sp³-hybridized carbons (Fsp3) is 0.600. The molecule has 2 fully saturated rings. The largest absolute Gasteiger partial charge is 0.379 e. The van der Waals surface area contributed by atoms with Gasteiger partial charge in [-0.05, 0) is 0 Å². The van der Waals surface area contributed by atoms with E-state index in [0.29, 0.717) is 58.3 Å². The third-order valence-corrected chi connectivity index (χ3v) is 4.09. The molecule has 0 radical (unpaired) electrons. The number of hydrazine groups is 1. The van der Waals surface area contributed by atoms with E-state index < -0.39 is 6.43 Å². The molecule has 138 valence electrons. The van der Waals surface area contributed by atoms with Crippen LogP contribution >= 0.6 is 0 Å². The Kier molecular flexibility index (Phi) is 5.95. The van der Waals surface area contributed by atoms with Gasteiger partial charge in [-0.15, -0.1) is 0 Å². The van der Waals surface area contributed by atoms with Crippen molar-refractivity contribution in [3.8, 4) is 0 Å². The summed E-state index contributed by atoms with van der Waals surface area (Å²) < 4.78 is 37.1. The van der Waals surface area contributed by atoms with Crippen LogP contribution in [0.1, 0.15) is 17.7 Å². The van der Waals surface area contributed by atoms with E-state index in [4.69, 9.17) is 14.9 Å². The molecule has 3 heterocycles. The molecule has 2 saturated heterocycles. The number of hydrogen-bond donors (Lipinski definition) is 3. The summed E-state index contributed by atoms with van der Waals surface area (Å²) in [4.78, 5) is 1.85. The van der Waals surface area contributed by atoms with Crippen molar-refractivity contribution in [2.75, 3.05) is 52.6 Å². The van der Waals surface area contributed by atoms with E-state index in [1.54, 1.807) is 6.08 Å². The molecule has 0 aliphatic carbocycles. The first kappa shape index (κ1) is 17.8. The minimum Gasteiger partial charge on any atom is -0.379 e. The van der Waals surface area contributed by atoms with Gasteiger partial charge in [0, 0.05) is 44.0 Å². The zero-order chi connectivity index (χ0) is 17.6. The Morgan fingerprint density at radius 3 is 2.48 bits per heavy atom. The molecule has 8 nitrogen and oxygen atoms in total. The molecule has 10 heteroatoms. The average molecular weight is 356 g/mol. The molecule has 0 unspecified atom stereocenters. The number of aromatic nitrogens is 2. The van der Waals surface area contributed by atoms with E-state index in [1.807, 2.05) is 9.91 Å². The highest BCUT2D eigenvalue weighted by atomic mass is 19.3. The number of nitrogens with one attached hydrogen (secondary N) is 3. The van der Waals surface area contributed by atoms with Gasteiger partial charge in [0.05, 0.1) is 32.1 Å². The Morgan fingerprint density at radius 1 is 1.20 bits per heavy atom. The first-order chi connectivity index (χ1) is 12.1. The van der Waals surface area contributed by atoms with Crippen LogP contribution in [0, 0.1) is 5.41 Å². The van der Waals surface area contributed by atoms with Gasteiger partial charge in [0.2, 0.25) is 0 Å². The number of ether oxygens (including phenoxy) is 2. The summed E-state index contributed by atoms with van der Waals surface area (Å²) in [6.07, 6.45) is 0.291. The first-order valence-corrected chi connectivity index (χ1v) is 8.19. The molecule has 0 saturated carbocycles. The number of aromatic amines is 1. The fourth-order valence-corrected chi connectivity index (χ4v) is 2.73. The van der Waals surface area contributed by atoms with E-state index in [0.717, 1.165) is 0 Å². The quantitative estimate of drug-likeness (QED) is 0.535. The van der Waals surface area contributed by atoms with Gasteiger partial charge < -0.3 is 19.8 Å². The van der Waals surface area contributed by atoms with Gasteiger partial charge >= 0.3 is 0 Å². The van der Waals surface area contributed by atoms with Gasteiger partial charge in [-0.25, -0.2) is 13.8 Å². The number of alkyl halides is 2. The third kappa shape index (κ3) is 4.53. The Labute approximate surface area is 144 Å². The molecule has 1 aromatic rings. The van der Waals surface area contributed by atoms with Crippen LogP contribution in [0.4, 0.5) is 8.78 Å². The molecule has 3 rings (SSSR count). The van der Waals surface area contributed by atoms with Crippen LogP contribution in [0.2, 0.25) is 0 Å². The normalized spacial score (nSPS) is 20.1. The summed E-state index contributed by atoms with van der Waals surface area (Å²) in [7, 11) is 0. The van der Waals surface area contributed by atoms with Crippen LogP contribution in [0.15, 0.2) is 12.3 Å². The van der Waals surface area contributed by atoms with Crippen molar-refractivity contribution in [1.29, 1.82) is 5.41 Å². The molecule has 2 aliphatic rings. The molecule has 25 heavy (non-hydrogen) atoms. The molecule has 0 atom stereocenters. The predicted molar refractivity (Wildman–Crippen MR) is 87.2 cm³/mol. The minimum atomic E-state index is -2.70. The van der Waals surface area contributed by atoms with Crippen LogP contribution < -0.4 is 5.43 Å². The van der Waals surface area contributed by atoms with Gasteiger partial charge in [-0.3, -0.25) is 10.5 Å². The number of amidine groups is 1. The van der Waals surface area contributed by atoms with E-state index in [2.05, 4.69) is 15.6 Å². The summed E-state index contributed by atoms with van der Waals surface area (Å²) in [5.41, 5.74) is 3.50. The van der Waals surface area contributed by atoms with Crippen LogP contribution in [0.5, 0.6) is 0 Å². The van der Waals surface area contributed by atoms with Gasteiger partial charge in [-0.2, -0.15) is 5.10 Å². The van der Waals surface area contributed by atoms with Gasteiger partial charge in [-0.1, -0.05) is 0 Å². The number of rotatable bonds is 5. The predicted octanol–water partition coefficient (Wildman–Crippen LogP) is 0.834. The molecule has 1 aromatic heterocycles. The number of halogens is 2. The molecule has 0 aromatic carbocycles. The fourth-order valence-electron chi connectivity index (χ4n) is 2.73. The second-order valence-corrected chi connectivity index (χ2v) is 5.74. The lowest BCUT2D eigenvalue weighted by molar-refractivity contribution is 0.0229. The van der Waals surface area contributed by atoms with Gasteiger partial charge in [0.1, 0.15) is 11.5 Å². The lowest BCUT2D eigenvalue weighted by Gasteiger charge is -2.31. The molecule has 2 aliphatic heterocycles. The zero-order valence-electron chi connectivity index (χ0n) is 13.8. The molecular weight excluding hydrogens is 334 g/mol. The Morgan fingerprint density at radius 2 is 1.84 bits per heavy atom. The second kappa shape index (κ2) is 8.37. The summed E-state index contributed by atoms with van der Waals surface area (Å²) in [6, 6.07) is 0. The van der Waals surface area contributed by atoms with Crippen LogP contribution in [-0.4, -0.2) is 78.5 Å². The Bertz CT molecular complexity index is 609. The summed E-state index contributed by atoms with van der Waals surface area (Å²) in [5, 5.41) is 16.3. The van der Waals surface area contributed by atoms with Crippen molar-refractivity contribution < 1.29 is 18.3 Å². The molecule has 0 spiro atoms. The topological polar surface area (TPSA) is 89.5 Å². The van der Waals surface area contributed by atoms with Crippen molar-refractivity contribution in [2.45, 2.75) is 6.43 Å². The maximum atomic E-state index is 13.2. The van der Waals surface area contributed by atoms with Gasteiger partial charge in [0.15, 0.2) is 0 Å². The smallest absolute Gasteiger partial charge is 0.282 e. The highest BCUT2D eigenvalue weighted by Gasteiger charge is 2.22. The zero-order valence-corrected chi connectivity index (χ0v) is 13.8. The van der Waals surface area contributed by atoms with E-state index in [1.165, 1.54) is 6.20 Å². The highest BCUT2D eigenvalue weighted by molar-refractivity contribution is 5.97. The number of hydrogen-bond acceptors (Lipinski definition) is 6. The number of morpholine rings is 2. The number of H-pyrrole nitrogens is 1. The van der Waals surface area contributed by atoms with E-state index >= 15 is 0 Å². The maximum absolute atomic E-state index is 13.2. The van der Waals surface area contributed by atoms with Crippen molar-refractivity contribution in [3.63, 3.8) is 0 Å². The first-order valence-electron chi connectivity index (χ1n) is 8.19. The van der Waals surface area contributed by atoms with Crippen molar-refractivity contribution in [3.05, 3.63) is 23.5 Å². The summed E-state index contributed by atoms with van der Waals surface area (Å²) in [5.74, 6) is 0.250. The lowest BCUT2D eigenvalue weighted by Crippen LogP contribution is -2.45. The van der Waals surface area contributed by atoms with Gasteiger partial charge in [0.25, 0.3) is 6.43 Å². The molecule has 0 bridgehead atoms. The molecule has 0 amide bonds.